The van der Waals surface area contributed by atoms with E-state index in [2.05, 4.69) is 26.0 Å². The van der Waals surface area contributed by atoms with E-state index in [1.165, 1.54) is 0 Å². The van der Waals surface area contributed by atoms with Gasteiger partial charge in [0.05, 0.1) is 22.2 Å². The number of rotatable bonds is 2. The summed E-state index contributed by atoms with van der Waals surface area (Å²) in [6.07, 6.45) is 2.67. The van der Waals surface area contributed by atoms with Gasteiger partial charge in [0.15, 0.2) is 0 Å². The quantitative estimate of drug-likeness (QED) is 0.252. The molecule has 2 aromatic heterocycles. The van der Waals surface area contributed by atoms with Gasteiger partial charge in [-0.15, -0.1) is 0 Å². The van der Waals surface area contributed by atoms with Crippen molar-refractivity contribution in [1.82, 2.24) is 9.97 Å². The third kappa shape index (κ3) is 2.75. The molecule has 0 radical (unpaired) electrons. The fourth-order valence-electron chi connectivity index (χ4n) is 5.32. The molecule has 34 heavy (non-hydrogen) atoms. The van der Waals surface area contributed by atoms with Crippen LogP contribution in [0.25, 0.3) is 54.5 Å². The van der Waals surface area contributed by atoms with Crippen LogP contribution in [0.1, 0.15) is 19.4 Å². The first kappa shape index (κ1) is 19.4. The van der Waals surface area contributed by atoms with Crippen LogP contribution in [0, 0.1) is 11.7 Å². The Labute approximate surface area is 195 Å². The monoisotopic (exact) mass is 444 g/mol. The fraction of sp³-hybridized carbons (Fsp3) is 0.133. The lowest BCUT2D eigenvalue weighted by Gasteiger charge is -2.21. The van der Waals surface area contributed by atoms with E-state index in [1.807, 2.05) is 54.7 Å². The van der Waals surface area contributed by atoms with E-state index in [-0.39, 0.29) is 5.82 Å². The molecule has 0 amide bonds. The molecule has 7 rings (SSSR count). The van der Waals surface area contributed by atoms with Crippen molar-refractivity contribution < 1.29 is 9.13 Å². The molecule has 0 bridgehead atoms. The van der Waals surface area contributed by atoms with Crippen LogP contribution in [0.5, 0.6) is 11.6 Å². The summed E-state index contributed by atoms with van der Waals surface area (Å²) in [6, 6.07) is 21.9. The molecule has 4 aromatic carbocycles. The van der Waals surface area contributed by atoms with Gasteiger partial charge in [-0.05, 0) is 69.8 Å². The number of aromatic nitrogens is 2. The molecule has 0 aliphatic carbocycles. The average Bonchev–Trinajstić information content (AvgIpc) is 2.83. The number of para-hydroxylation sites is 1. The lowest BCUT2D eigenvalue weighted by Crippen LogP contribution is -2.02. The normalized spacial score (nSPS) is 12.6. The smallest absolute Gasteiger partial charge is 0.229 e. The standard InChI is InChI=1S/C30H21FN2O/c1-16(2)11-17-12-22-20(25(31)13-17)8-7-19-21-9-10-32-29-24-14-18-5-3-4-6-26(18)33-30(24)34-27(28(21)29)15-23(19)22/h3-10,12-16H,11H2,1-2H3. The van der Waals surface area contributed by atoms with Crippen molar-refractivity contribution in [3.8, 4) is 22.9 Å². The number of halogens is 1. The lowest BCUT2D eigenvalue weighted by atomic mass is 9.92. The number of ether oxygens (including phenoxy) is 1. The van der Waals surface area contributed by atoms with Crippen molar-refractivity contribution in [1.29, 1.82) is 0 Å². The van der Waals surface area contributed by atoms with Gasteiger partial charge in [0.2, 0.25) is 5.88 Å². The van der Waals surface area contributed by atoms with Gasteiger partial charge < -0.3 is 4.74 Å². The SMILES string of the molecule is CC(C)Cc1cc(F)c2ccc3c4ccnc5c4c(cc3c2c1)Oc1nc2ccccc2cc1-5. The van der Waals surface area contributed by atoms with Gasteiger partial charge in [0, 0.05) is 17.0 Å². The maximum absolute atomic E-state index is 15.1. The van der Waals surface area contributed by atoms with Crippen LogP contribution in [-0.4, -0.2) is 9.97 Å². The van der Waals surface area contributed by atoms with Crippen molar-refractivity contribution >= 4 is 43.2 Å². The third-order valence-corrected chi connectivity index (χ3v) is 6.74. The molecule has 6 aromatic rings. The van der Waals surface area contributed by atoms with E-state index in [1.54, 1.807) is 6.07 Å². The fourth-order valence-corrected chi connectivity index (χ4v) is 5.32. The number of nitrogens with zero attached hydrogens (tertiary/aromatic N) is 2. The molecule has 4 heteroatoms. The predicted octanol–water partition coefficient (Wildman–Crippen LogP) is 8.20. The van der Waals surface area contributed by atoms with E-state index in [9.17, 15) is 0 Å². The first-order chi connectivity index (χ1) is 16.6. The minimum Gasteiger partial charge on any atom is -0.438 e. The van der Waals surface area contributed by atoms with Crippen LogP contribution in [0.4, 0.5) is 4.39 Å². The minimum atomic E-state index is -0.182. The van der Waals surface area contributed by atoms with Gasteiger partial charge in [-0.3, -0.25) is 4.98 Å². The van der Waals surface area contributed by atoms with Crippen LogP contribution in [0.3, 0.4) is 0 Å². The Bertz CT molecular complexity index is 1810. The van der Waals surface area contributed by atoms with Crippen LogP contribution < -0.4 is 4.74 Å². The zero-order chi connectivity index (χ0) is 23.0. The van der Waals surface area contributed by atoms with Gasteiger partial charge in [-0.2, -0.15) is 0 Å². The second-order valence-corrected chi connectivity index (χ2v) is 9.52. The second kappa shape index (κ2) is 6.97. The first-order valence-corrected chi connectivity index (χ1v) is 11.6. The zero-order valence-corrected chi connectivity index (χ0v) is 18.9. The highest BCUT2D eigenvalue weighted by Gasteiger charge is 2.25. The van der Waals surface area contributed by atoms with Crippen LogP contribution in [0.2, 0.25) is 0 Å². The van der Waals surface area contributed by atoms with Gasteiger partial charge in [-0.1, -0.05) is 50.2 Å². The molecule has 3 nitrogen and oxygen atoms in total. The Hall–Kier alpha value is -4.05. The molecule has 1 aliphatic rings. The predicted molar refractivity (Wildman–Crippen MR) is 136 cm³/mol. The van der Waals surface area contributed by atoms with E-state index in [0.717, 1.165) is 61.1 Å². The lowest BCUT2D eigenvalue weighted by molar-refractivity contribution is 0.469. The molecule has 0 saturated carbocycles. The molecule has 1 aliphatic heterocycles. The summed E-state index contributed by atoms with van der Waals surface area (Å²) in [5, 5.41) is 6.65. The summed E-state index contributed by atoms with van der Waals surface area (Å²) in [5.41, 5.74) is 3.65. The third-order valence-electron chi connectivity index (χ3n) is 6.74. The second-order valence-electron chi connectivity index (χ2n) is 9.52. The molecular formula is C30H21FN2O. The van der Waals surface area contributed by atoms with Crippen LogP contribution >= 0.6 is 0 Å². The Morgan fingerprint density at radius 1 is 0.853 bits per heavy atom. The highest BCUT2D eigenvalue weighted by atomic mass is 19.1. The summed E-state index contributed by atoms with van der Waals surface area (Å²) in [5.74, 6) is 1.53. The number of hydrogen-bond acceptors (Lipinski definition) is 3. The highest BCUT2D eigenvalue weighted by molar-refractivity contribution is 6.21. The number of hydrogen-bond donors (Lipinski definition) is 0. The van der Waals surface area contributed by atoms with Crippen molar-refractivity contribution in [2.24, 2.45) is 5.92 Å². The largest absolute Gasteiger partial charge is 0.438 e. The summed E-state index contributed by atoms with van der Waals surface area (Å²) >= 11 is 0. The maximum atomic E-state index is 15.1. The average molecular weight is 445 g/mol. The van der Waals surface area contributed by atoms with Crippen LogP contribution in [0.15, 0.2) is 72.9 Å². The molecule has 0 atom stereocenters. The van der Waals surface area contributed by atoms with Crippen LogP contribution in [-0.2, 0) is 6.42 Å². The molecule has 0 spiro atoms. The van der Waals surface area contributed by atoms with E-state index in [4.69, 9.17) is 14.7 Å². The molecule has 0 fully saturated rings. The Kier molecular flexibility index (Phi) is 3.98. The van der Waals surface area contributed by atoms with E-state index >= 15 is 4.39 Å². The van der Waals surface area contributed by atoms with Gasteiger partial charge in [-0.25, -0.2) is 9.37 Å². The van der Waals surface area contributed by atoms with E-state index < -0.39 is 0 Å². The molecule has 0 unspecified atom stereocenters. The molecule has 164 valence electrons. The summed E-state index contributed by atoms with van der Waals surface area (Å²) < 4.78 is 21.5. The summed E-state index contributed by atoms with van der Waals surface area (Å²) in [4.78, 5) is 9.52. The van der Waals surface area contributed by atoms with Crippen molar-refractivity contribution in [2.75, 3.05) is 0 Å². The van der Waals surface area contributed by atoms with Gasteiger partial charge in [0.25, 0.3) is 0 Å². The molecule has 0 saturated heterocycles. The summed E-state index contributed by atoms with van der Waals surface area (Å²) in [6.45, 7) is 4.30. The summed E-state index contributed by atoms with van der Waals surface area (Å²) in [7, 11) is 0. The van der Waals surface area contributed by atoms with Gasteiger partial charge >= 0.3 is 0 Å². The maximum Gasteiger partial charge on any atom is 0.229 e. The number of pyridine rings is 2. The number of benzene rings is 4. The topological polar surface area (TPSA) is 35.0 Å². The van der Waals surface area contributed by atoms with Crippen molar-refractivity contribution in [2.45, 2.75) is 20.3 Å². The Balaban J connectivity index is 1.57. The minimum absolute atomic E-state index is 0.182. The Morgan fingerprint density at radius 2 is 1.68 bits per heavy atom. The Morgan fingerprint density at radius 3 is 2.56 bits per heavy atom. The molecule has 0 N–H and O–H groups in total. The highest BCUT2D eigenvalue weighted by Crippen LogP contribution is 2.48. The molecular weight excluding hydrogens is 423 g/mol. The van der Waals surface area contributed by atoms with Crippen molar-refractivity contribution in [3.63, 3.8) is 0 Å². The van der Waals surface area contributed by atoms with E-state index in [0.29, 0.717) is 22.9 Å². The van der Waals surface area contributed by atoms with Gasteiger partial charge in [0.1, 0.15) is 11.6 Å². The first-order valence-electron chi connectivity index (χ1n) is 11.6. The molecule has 3 heterocycles. The zero-order valence-electron chi connectivity index (χ0n) is 18.9. The van der Waals surface area contributed by atoms with Crippen molar-refractivity contribution in [3.05, 3.63) is 84.3 Å². The number of fused-ring (bicyclic) bond motifs is 7.